The first-order valence-electron chi connectivity index (χ1n) is 7.79. The van der Waals surface area contributed by atoms with Crippen LogP contribution < -0.4 is 14.8 Å². The van der Waals surface area contributed by atoms with Crippen LogP contribution >= 0.6 is 11.3 Å². The van der Waals surface area contributed by atoms with Crippen LogP contribution in [0.1, 0.15) is 29.3 Å². The Balaban J connectivity index is 2.01. The molecule has 7 heteroatoms. The minimum atomic E-state index is -0.951. The zero-order valence-electron chi connectivity index (χ0n) is 14.2. The molecule has 0 aliphatic carbocycles. The van der Waals surface area contributed by atoms with Gasteiger partial charge in [0.25, 0.3) is 0 Å². The van der Waals surface area contributed by atoms with Crippen molar-refractivity contribution in [2.45, 2.75) is 25.3 Å². The number of carboxylic acid groups (broad SMARTS) is 1. The van der Waals surface area contributed by atoms with E-state index in [1.165, 1.54) is 11.3 Å². The first-order chi connectivity index (χ1) is 12.0. The van der Waals surface area contributed by atoms with Crippen molar-refractivity contribution in [2.24, 2.45) is 0 Å². The van der Waals surface area contributed by atoms with Crippen LogP contribution in [0.5, 0.6) is 11.5 Å². The topological polar surface area (TPSA) is 84.9 Å². The lowest BCUT2D eigenvalue weighted by molar-refractivity contribution is -0.137. The maximum absolute atomic E-state index is 12.3. The van der Waals surface area contributed by atoms with Gasteiger partial charge in [-0.25, -0.2) is 0 Å². The molecule has 0 spiro atoms. The van der Waals surface area contributed by atoms with Crippen molar-refractivity contribution < 1.29 is 24.2 Å². The SMILES string of the molecule is COc1cccc(CCC(=O)N[C@H](CC(=O)O)c2cccs2)c1OC. The highest BCUT2D eigenvalue weighted by Crippen LogP contribution is 2.31. The number of carbonyl (C=O) groups excluding carboxylic acids is 1. The summed E-state index contributed by atoms with van der Waals surface area (Å²) < 4.78 is 10.6. The molecule has 1 aromatic carbocycles. The van der Waals surface area contributed by atoms with Gasteiger partial charge < -0.3 is 19.9 Å². The highest BCUT2D eigenvalue weighted by Gasteiger charge is 2.19. The van der Waals surface area contributed by atoms with E-state index in [0.29, 0.717) is 17.9 Å². The summed E-state index contributed by atoms with van der Waals surface area (Å²) in [6.45, 7) is 0. The van der Waals surface area contributed by atoms with Crippen LogP contribution in [0.3, 0.4) is 0 Å². The van der Waals surface area contributed by atoms with Crippen molar-refractivity contribution in [1.29, 1.82) is 0 Å². The van der Waals surface area contributed by atoms with Crippen molar-refractivity contribution in [2.75, 3.05) is 14.2 Å². The summed E-state index contributed by atoms with van der Waals surface area (Å²) in [4.78, 5) is 24.2. The van der Waals surface area contributed by atoms with E-state index in [-0.39, 0.29) is 18.7 Å². The number of thiophene rings is 1. The second-order valence-corrected chi connectivity index (χ2v) is 6.37. The fraction of sp³-hybridized carbons (Fsp3) is 0.333. The number of carboxylic acids is 1. The quantitative estimate of drug-likeness (QED) is 0.715. The highest BCUT2D eigenvalue weighted by atomic mass is 32.1. The number of para-hydroxylation sites is 1. The third-order valence-corrected chi connectivity index (χ3v) is 4.69. The van der Waals surface area contributed by atoms with Gasteiger partial charge in [0.05, 0.1) is 26.7 Å². The second kappa shape index (κ2) is 9.08. The number of methoxy groups -OCH3 is 2. The number of benzene rings is 1. The van der Waals surface area contributed by atoms with Crippen LogP contribution in [-0.4, -0.2) is 31.2 Å². The van der Waals surface area contributed by atoms with Crippen LogP contribution in [-0.2, 0) is 16.0 Å². The molecule has 1 heterocycles. The largest absolute Gasteiger partial charge is 0.493 e. The Kier molecular flexibility index (Phi) is 6.82. The molecule has 0 unspecified atom stereocenters. The lowest BCUT2D eigenvalue weighted by atomic mass is 10.1. The Morgan fingerprint density at radius 1 is 1.20 bits per heavy atom. The molecule has 0 saturated carbocycles. The summed E-state index contributed by atoms with van der Waals surface area (Å²) >= 11 is 1.43. The van der Waals surface area contributed by atoms with E-state index < -0.39 is 12.0 Å². The molecule has 6 nitrogen and oxygen atoms in total. The predicted octanol–water partition coefficient (Wildman–Crippen LogP) is 3.03. The Bertz CT molecular complexity index is 714. The number of amides is 1. The summed E-state index contributed by atoms with van der Waals surface area (Å²) in [5.41, 5.74) is 0.864. The molecular formula is C18H21NO5S. The number of rotatable bonds is 9. The van der Waals surface area contributed by atoms with Crippen molar-refractivity contribution in [3.63, 3.8) is 0 Å². The van der Waals surface area contributed by atoms with Crippen LogP contribution in [0.15, 0.2) is 35.7 Å². The van der Waals surface area contributed by atoms with Gasteiger partial charge in [-0.1, -0.05) is 18.2 Å². The molecule has 1 atom stereocenters. The Hall–Kier alpha value is -2.54. The number of hydrogen-bond acceptors (Lipinski definition) is 5. The predicted molar refractivity (Wildman–Crippen MR) is 95.3 cm³/mol. The Morgan fingerprint density at radius 3 is 2.60 bits per heavy atom. The van der Waals surface area contributed by atoms with Crippen molar-refractivity contribution >= 4 is 23.2 Å². The first kappa shape index (κ1) is 18.8. The van der Waals surface area contributed by atoms with Gasteiger partial charge in [-0.15, -0.1) is 11.3 Å². The van der Waals surface area contributed by atoms with Crippen LogP contribution in [0.25, 0.3) is 0 Å². The monoisotopic (exact) mass is 363 g/mol. The van der Waals surface area contributed by atoms with E-state index in [4.69, 9.17) is 14.6 Å². The Labute approximate surface area is 150 Å². The fourth-order valence-corrected chi connectivity index (χ4v) is 3.33. The highest BCUT2D eigenvalue weighted by molar-refractivity contribution is 7.10. The third-order valence-electron chi connectivity index (χ3n) is 3.71. The summed E-state index contributed by atoms with van der Waals surface area (Å²) in [6.07, 6.45) is 0.552. The standard InChI is InChI=1S/C18H21NO5S/c1-23-14-6-3-5-12(18(14)24-2)8-9-16(20)19-13(11-17(21)22)15-7-4-10-25-15/h3-7,10,13H,8-9,11H2,1-2H3,(H,19,20)(H,21,22)/t13-/m1/s1. The van der Waals surface area contributed by atoms with Gasteiger partial charge in [0.1, 0.15) is 0 Å². The van der Waals surface area contributed by atoms with E-state index in [1.807, 2.05) is 29.6 Å². The molecule has 0 aliphatic heterocycles. The van der Waals surface area contributed by atoms with Crippen LogP contribution in [0.4, 0.5) is 0 Å². The van der Waals surface area contributed by atoms with Gasteiger partial charge in [0.15, 0.2) is 11.5 Å². The molecule has 0 saturated heterocycles. The van der Waals surface area contributed by atoms with Crippen molar-refractivity contribution in [3.05, 3.63) is 46.2 Å². The van der Waals surface area contributed by atoms with Crippen molar-refractivity contribution in [1.82, 2.24) is 5.32 Å². The number of aryl methyl sites for hydroxylation is 1. The summed E-state index contributed by atoms with van der Waals surface area (Å²) in [5.74, 6) is 0.0681. The molecule has 134 valence electrons. The average Bonchev–Trinajstić information content (AvgIpc) is 3.13. The molecule has 1 amide bonds. The normalized spacial score (nSPS) is 11.6. The maximum atomic E-state index is 12.3. The van der Waals surface area contributed by atoms with Crippen LogP contribution in [0.2, 0.25) is 0 Å². The van der Waals surface area contributed by atoms with Gasteiger partial charge in [-0.3, -0.25) is 9.59 Å². The third kappa shape index (κ3) is 5.22. The molecule has 2 aromatic rings. The molecule has 0 radical (unpaired) electrons. The second-order valence-electron chi connectivity index (χ2n) is 5.39. The fourth-order valence-electron chi connectivity index (χ4n) is 2.55. The molecule has 25 heavy (non-hydrogen) atoms. The lowest BCUT2D eigenvalue weighted by Gasteiger charge is -2.16. The molecular weight excluding hydrogens is 342 g/mol. The first-order valence-corrected chi connectivity index (χ1v) is 8.67. The molecule has 1 aromatic heterocycles. The molecule has 2 rings (SSSR count). The minimum absolute atomic E-state index is 0.144. The molecule has 0 aliphatic rings. The maximum Gasteiger partial charge on any atom is 0.305 e. The van der Waals surface area contributed by atoms with E-state index in [0.717, 1.165) is 10.4 Å². The van der Waals surface area contributed by atoms with Crippen molar-refractivity contribution in [3.8, 4) is 11.5 Å². The van der Waals surface area contributed by atoms with Gasteiger partial charge in [0, 0.05) is 11.3 Å². The van der Waals surface area contributed by atoms with E-state index >= 15 is 0 Å². The number of nitrogens with one attached hydrogen (secondary N) is 1. The zero-order valence-corrected chi connectivity index (χ0v) is 15.0. The summed E-state index contributed by atoms with van der Waals surface area (Å²) in [6, 6.07) is 8.65. The smallest absolute Gasteiger partial charge is 0.305 e. The number of aliphatic carboxylic acids is 1. The summed E-state index contributed by atoms with van der Waals surface area (Å²) in [5, 5.41) is 13.7. The van der Waals surface area contributed by atoms with Gasteiger partial charge in [0.2, 0.25) is 5.91 Å². The molecule has 0 fully saturated rings. The summed E-state index contributed by atoms with van der Waals surface area (Å²) in [7, 11) is 3.12. The van der Waals surface area contributed by atoms with E-state index in [2.05, 4.69) is 5.32 Å². The van der Waals surface area contributed by atoms with E-state index in [9.17, 15) is 9.59 Å². The van der Waals surface area contributed by atoms with E-state index in [1.54, 1.807) is 20.3 Å². The lowest BCUT2D eigenvalue weighted by Crippen LogP contribution is -2.29. The Morgan fingerprint density at radius 2 is 2.00 bits per heavy atom. The van der Waals surface area contributed by atoms with Crippen LogP contribution in [0, 0.1) is 0 Å². The number of ether oxygens (including phenoxy) is 2. The number of hydrogen-bond donors (Lipinski definition) is 2. The number of carbonyl (C=O) groups is 2. The zero-order chi connectivity index (χ0) is 18.2. The average molecular weight is 363 g/mol. The van der Waals surface area contributed by atoms with Gasteiger partial charge >= 0.3 is 5.97 Å². The molecule has 2 N–H and O–H groups in total. The van der Waals surface area contributed by atoms with Gasteiger partial charge in [-0.2, -0.15) is 0 Å². The van der Waals surface area contributed by atoms with Gasteiger partial charge in [-0.05, 0) is 29.5 Å². The minimum Gasteiger partial charge on any atom is -0.493 e. The molecule has 0 bridgehead atoms.